The van der Waals surface area contributed by atoms with Gasteiger partial charge in [0.2, 0.25) is 0 Å². The summed E-state index contributed by atoms with van der Waals surface area (Å²) in [6, 6.07) is 7.93. The third-order valence-corrected chi connectivity index (χ3v) is 5.47. The highest BCUT2D eigenvalue weighted by Crippen LogP contribution is 2.31. The summed E-state index contributed by atoms with van der Waals surface area (Å²) in [4.78, 5) is 29.7. The number of halogens is 3. The summed E-state index contributed by atoms with van der Waals surface area (Å²) in [7, 11) is 0. The number of nitrogens with zero attached hydrogens (tertiary/aromatic N) is 2. The van der Waals surface area contributed by atoms with Gasteiger partial charge in [-0.25, -0.2) is 4.98 Å². The maximum absolute atomic E-state index is 12.0. The highest BCUT2D eigenvalue weighted by molar-refractivity contribution is 7.22. The molecule has 0 unspecified atom stereocenters. The Hall–Kier alpha value is -2.36. The van der Waals surface area contributed by atoms with E-state index in [0.717, 1.165) is 41.3 Å². The predicted molar refractivity (Wildman–Crippen MR) is 96.6 cm³/mol. The summed E-state index contributed by atoms with van der Waals surface area (Å²) in [6.45, 7) is 0.313. The number of hydrogen-bond donors (Lipinski definition) is 2. The van der Waals surface area contributed by atoms with Gasteiger partial charge >= 0.3 is 18.0 Å². The minimum absolute atomic E-state index is 0.176. The van der Waals surface area contributed by atoms with Crippen LogP contribution in [0.3, 0.4) is 0 Å². The highest BCUT2D eigenvalue weighted by Gasteiger charge is 2.29. The Morgan fingerprint density at radius 2 is 1.81 bits per heavy atom. The van der Waals surface area contributed by atoms with Crippen molar-refractivity contribution in [1.82, 2.24) is 15.6 Å². The number of amides is 2. The summed E-state index contributed by atoms with van der Waals surface area (Å²) >= 11 is 1.63. The summed E-state index contributed by atoms with van der Waals surface area (Å²) in [6.07, 6.45) is -2.93. The van der Waals surface area contributed by atoms with Crippen LogP contribution < -0.4 is 15.5 Å². The molecule has 1 fully saturated rings. The number of thiazole rings is 1. The molecule has 6 nitrogen and oxygen atoms in total. The number of benzene rings is 1. The van der Waals surface area contributed by atoms with Crippen LogP contribution in [0.1, 0.15) is 12.8 Å². The lowest BCUT2D eigenvalue weighted by molar-refractivity contribution is -0.146. The van der Waals surface area contributed by atoms with Crippen molar-refractivity contribution in [3.05, 3.63) is 24.3 Å². The molecule has 146 valence electrons. The van der Waals surface area contributed by atoms with Crippen LogP contribution in [-0.2, 0) is 9.59 Å². The molecule has 0 saturated carbocycles. The standard InChI is InChI=1S/C17H19F3N4O2S/c18-17(19,20)10-22-15(26)14(25)21-9-11-5-7-24(8-6-11)16-23-12-3-1-2-4-13(12)27-16/h1-4,11H,5-10H2,(H,21,25)(H,22,26). The van der Waals surface area contributed by atoms with E-state index in [0.29, 0.717) is 0 Å². The molecular formula is C17H19F3N4O2S. The Balaban J connectivity index is 1.43. The molecule has 2 heterocycles. The molecule has 1 saturated heterocycles. The number of rotatable bonds is 4. The molecule has 10 heteroatoms. The van der Waals surface area contributed by atoms with E-state index in [9.17, 15) is 22.8 Å². The van der Waals surface area contributed by atoms with Gasteiger partial charge in [0.25, 0.3) is 0 Å². The fourth-order valence-corrected chi connectivity index (χ4v) is 3.92. The maximum Gasteiger partial charge on any atom is 0.405 e. The Bertz CT molecular complexity index is 783. The normalized spacial score (nSPS) is 15.7. The van der Waals surface area contributed by atoms with Crippen molar-refractivity contribution in [2.45, 2.75) is 19.0 Å². The molecule has 0 radical (unpaired) electrons. The number of para-hydroxylation sites is 1. The average molecular weight is 400 g/mol. The molecule has 0 aliphatic carbocycles. The van der Waals surface area contributed by atoms with E-state index in [1.807, 2.05) is 24.3 Å². The van der Waals surface area contributed by atoms with Crippen LogP contribution in [-0.4, -0.2) is 49.2 Å². The fraction of sp³-hybridized carbons (Fsp3) is 0.471. The molecule has 27 heavy (non-hydrogen) atoms. The van der Waals surface area contributed by atoms with Gasteiger partial charge in [0.15, 0.2) is 5.13 Å². The maximum atomic E-state index is 12.0. The molecule has 1 aliphatic rings. The van der Waals surface area contributed by atoms with Gasteiger partial charge in [0.05, 0.1) is 10.2 Å². The van der Waals surface area contributed by atoms with E-state index in [2.05, 4.69) is 15.2 Å². The van der Waals surface area contributed by atoms with Crippen LogP contribution >= 0.6 is 11.3 Å². The summed E-state index contributed by atoms with van der Waals surface area (Å²) in [5.74, 6) is -2.12. The van der Waals surface area contributed by atoms with Gasteiger partial charge in [0, 0.05) is 19.6 Å². The molecule has 1 aliphatic heterocycles. The summed E-state index contributed by atoms with van der Waals surface area (Å²) < 4.78 is 37.3. The second kappa shape index (κ2) is 8.12. The van der Waals surface area contributed by atoms with Gasteiger partial charge in [-0.1, -0.05) is 23.5 Å². The van der Waals surface area contributed by atoms with Crippen LogP contribution in [0, 0.1) is 5.92 Å². The zero-order valence-corrected chi connectivity index (χ0v) is 15.2. The van der Waals surface area contributed by atoms with Crippen molar-refractivity contribution in [1.29, 1.82) is 0 Å². The van der Waals surface area contributed by atoms with Crippen molar-refractivity contribution in [2.75, 3.05) is 31.1 Å². The van der Waals surface area contributed by atoms with Crippen LogP contribution in [0.25, 0.3) is 10.2 Å². The Morgan fingerprint density at radius 1 is 1.15 bits per heavy atom. The zero-order chi connectivity index (χ0) is 19.4. The molecule has 2 amide bonds. The first-order chi connectivity index (χ1) is 12.8. The minimum Gasteiger partial charge on any atom is -0.348 e. The molecule has 1 aromatic carbocycles. The zero-order valence-electron chi connectivity index (χ0n) is 14.4. The first-order valence-electron chi connectivity index (χ1n) is 8.55. The number of piperidine rings is 1. The molecular weight excluding hydrogens is 381 g/mol. The third-order valence-electron chi connectivity index (χ3n) is 4.37. The minimum atomic E-state index is -4.54. The molecule has 2 N–H and O–H groups in total. The molecule has 3 rings (SSSR count). The van der Waals surface area contributed by atoms with E-state index in [1.165, 1.54) is 0 Å². The third kappa shape index (κ3) is 5.31. The van der Waals surface area contributed by atoms with Gasteiger partial charge in [-0.3, -0.25) is 9.59 Å². The van der Waals surface area contributed by atoms with Crippen molar-refractivity contribution < 1.29 is 22.8 Å². The lowest BCUT2D eigenvalue weighted by Gasteiger charge is -2.31. The van der Waals surface area contributed by atoms with Crippen molar-refractivity contribution in [3.8, 4) is 0 Å². The van der Waals surface area contributed by atoms with E-state index < -0.39 is 24.5 Å². The number of anilines is 1. The Kier molecular flexibility index (Phi) is 5.83. The molecule has 1 aromatic heterocycles. The van der Waals surface area contributed by atoms with Gasteiger partial charge in [-0.2, -0.15) is 13.2 Å². The molecule has 0 spiro atoms. The second-order valence-corrected chi connectivity index (χ2v) is 7.41. The monoisotopic (exact) mass is 400 g/mol. The van der Waals surface area contributed by atoms with Crippen molar-refractivity contribution in [3.63, 3.8) is 0 Å². The molecule has 0 bridgehead atoms. The number of fused-ring (bicyclic) bond motifs is 1. The summed E-state index contributed by atoms with van der Waals surface area (Å²) in [5.41, 5.74) is 0.969. The number of carbonyl (C=O) groups is 2. The fourth-order valence-electron chi connectivity index (χ4n) is 2.90. The lowest BCUT2D eigenvalue weighted by atomic mass is 9.97. The largest absolute Gasteiger partial charge is 0.405 e. The number of hydrogen-bond acceptors (Lipinski definition) is 5. The SMILES string of the molecule is O=C(NCC1CCN(c2nc3ccccc3s2)CC1)C(=O)NCC(F)(F)F. The molecule has 0 atom stereocenters. The van der Waals surface area contributed by atoms with Crippen LogP contribution in [0.15, 0.2) is 24.3 Å². The van der Waals surface area contributed by atoms with Gasteiger partial charge in [0.1, 0.15) is 6.54 Å². The first kappa shape index (κ1) is 19.4. The van der Waals surface area contributed by atoms with E-state index in [-0.39, 0.29) is 12.5 Å². The second-order valence-electron chi connectivity index (χ2n) is 6.40. The van der Waals surface area contributed by atoms with E-state index in [4.69, 9.17) is 0 Å². The molecule has 2 aromatic rings. The number of aromatic nitrogens is 1. The van der Waals surface area contributed by atoms with Crippen LogP contribution in [0.4, 0.5) is 18.3 Å². The van der Waals surface area contributed by atoms with Crippen LogP contribution in [0.2, 0.25) is 0 Å². The number of nitrogens with one attached hydrogen (secondary N) is 2. The topological polar surface area (TPSA) is 74.3 Å². The van der Waals surface area contributed by atoms with Crippen molar-refractivity contribution in [2.24, 2.45) is 5.92 Å². The van der Waals surface area contributed by atoms with Crippen molar-refractivity contribution >= 4 is 38.5 Å². The van der Waals surface area contributed by atoms with Gasteiger partial charge in [-0.05, 0) is 30.9 Å². The number of alkyl halides is 3. The predicted octanol–water partition coefficient (Wildman–Crippen LogP) is 2.31. The quantitative estimate of drug-likeness (QED) is 0.773. The van der Waals surface area contributed by atoms with Gasteiger partial charge in [-0.15, -0.1) is 0 Å². The van der Waals surface area contributed by atoms with E-state index >= 15 is 0 Å². The smallest absolute Gasteiger partial charge is 0.348 e. The summed E-state index contributed by atoms with van der Waals surface area (Å²) in [5, 5.41) is 4.94. The Morgan fingerprint density at radius 3 is 2.48 bits per heavy atom. The van der Waals surface area contributed by atoms with E-state index in [1.54, 1.807) is 16.7 Å². The van der Waals surface area contributed by atoms with Crippen LogP contribution in [0.5, 0.6) is 0 Å². The lowest BCUT2D eigenvalue weighted by Crippen LogP contribution is -2.45. The Labute approximate surface area is 157 Å². The highest BCUT2D eigenvalue weighted by atomic mass is 32.1. The average Bonchev–Trinajstić information content (AvgIpc) is 3.08. The first-order valence-corrected chi connectivity index (χ1v) is 9.37. The number of carbonyl (C=O) groups excluding carboxylic acids is 2. The van der Waals surface area contributed by atoms with Gasteiger partial charge < -0.3 is 15.5 Å².